The molecule has 4 rings (SSSR count). The molecule has 0 saturated carbocycles. The molecule has 1 heterocycles. The van der Waals surface area contributed by atoms with E-state index in [2.05, 4.69) is 5.32 Å². The van der Waals surface area contributed by atoms with E-state index in [4.69, 9.17) is 0 Å². The molecule has 0 aliphatic rings. The van der Waals surface area contributed by atoms with E-state index >= 15 is 0 Å². The topological polar surface area (TPSA) is 68.2 Å². The summed E-state index contributed by atoms with van der Waals surface area (Å²) in [4.78, 5) is 13.0. The first-order valence-corrected chi connectivity index (χ1v) is 11.5. The third-order valence-corrected chi connectivity index (χ3v) is 7.09. The van der Waals surface area contributed by atoms with Crippen LogP contribution in [0.3, 0.4) is 0 Å². The number of carbonyl (C=O) groups excluding carboxylic acids is 1. The first-order chi connectivity index (χ1) is 14.8. The van der Waals surface area contributed by atoms with E-state index in [1.54, 1.807) is 47.2 Å². The van der Waals surface area contributed by atoms with Gasteiger partial charge in [0.15, 0.2) is 0 Å². The van der Waals surface area contributed by atoms with Gasteiger partial charge in [0.1, 0.15) is 6.54 Å². The number of nitrogens with one attached hydrogen (secondary N) is 1. The molecule has 0 radical (unpaired) electrons. The van der Waals surface area contributed by atoms with E-state index in [9.17, 15) is 13.2 Å². The molecule has 31 heavy (non-hydrogen) atoms. The van der Waals surface area contributed by atoms with Gasteiger partial charge >= 0.3 is 0 Å². The molecule has 1 amide bonds. The van der Waals surface area contributed by atoms with Crippen LogP contribution in [0.5, 0.6) is 0 Å². The average molecular weight is 433 g/mol. The van der Waals surface area contributed by atoms with Gasteiger partial charge in [-0.1, -0.05) is 65.7 Å². The summed E-state index contributed by atoms with van der Waals surface area (Å²) in [5.74, 6) is -0.180. The average Bonchev–Trinajstić information content (AvgIpc) is 3.13. The first kappa shape index (κ1) is 20.9. The molecule has 4 aromatic rings. The Bertz CT molecular complexity index is 1340. The largest absolute Gasteiger partial charge is 0.350 e. The summed E-state index contributed by atoms with van der Waals surface area (Å²) in [6.07, 6.45) is 1.56. The van der Waals surface area contributed by atoms with E-state index in [0.717, 1.165) is 16.7 Å². The van der Waals surface area contributed by atoms with Gasteiger partial charge in [0.2, 0.25) is 15.7 Å². The van der Waals surface area contributed by atoms with Crippen LogP contribution >= 0.6 is 0 Å². The zero-order valence-electron chi connectivity index (χ0n) is 17.5. The molecule has 0 aliphatic carbocycles. The molecule has 6 heteroatoms. The van der Waals surface area contributed by atoms with Gasteiger partial charge in [0.25, 0.3) is 0 Å². The number of para-hydroxylation sites is 1. The number of carbonyl (C=O) groups is 1. The minimum atomic E-state index is -3.71. The Morgan fingerprint density at radius 3 is 2.16 bits per heavy atom. The number of sulfone groups is 1. The highest BCUT2D eigenvalue weighted by Gasteiger charge is 2.23. The number of rotatable bonds is 6. The Balaban J connectivity index is 1.61. The third-order valence-electron chi connectivity index (χ3n) is 5.30. The monoisotopic (exact) mass is 432 g/mol. The highest BCUT2D eigenvalue weighted by molar-refractivity contribution is 7.91. The summed E-state index contributed by atoms with van der Waals surface area (Å²) < 4.78 is 28.3. The van der Waals surface area contributed by atoms with Gasteiger partial charge in [-0.15, -0.1) is 0 Å². The van der Waals surface area contributed by atoms with Gasteiger partial charge in [-0.3, -0.25) is 4.79 Å². The number of benzene rings is 3. The van der Waals surface area contributed by atoms with Gasteiger partial charge in [0.05, 0.1) is 9.79 Å². The molecule has 3 aromatic carbocycles. The fourth-order valence-electron chi connectivity index (χ4n) is 3.52. The van der Waals surface area contributed by atoms with Crippen molar-refractivity contribution in [3.8, 4) is 0 Å². The second-order valence-corrected chi connectivity index (χ2v) is 9.64. The fraction of sp³-hybridized carbons (Fsp3) is 0.160. The lowest BCUT2D eigenvalue weighted by Gasteiger charge is -2.08. The quantitative estimate of drug-likeness (QED) is 0.491. The maximum atomic E-state index is 13.3. The maximum absolute atomic E-state index is 13.3. The Labute approximate surface area is 182 Å². The molecule has 1 N–H and O–H groups in total. The number of aromatic nitrogens is 1. The summed E-state index contributed by atoms with van der Waals surface area (Å²) in [5.41, 5.74) is 3.88. The Hall–Kier alpha value is -3.38. The predicted octanol–water partition coefficient (Wildman–Crippen LogP) is 4.41. The Kier molecular flexibility index (Phi) is 5.65. The van der Waals surface area contributed by atoms with Crippen molar-refractivity contribution in [3.63, 3.8) is 0 Å². The highest BCUT2D eigenvalue weighted by Crippen LogP contribution is 2.30. The third kappa shape index (κ3) is 4.39. The van der Waals surface area contributed by atoms with E-state index < -0.39 is 9.84 Å². The summed E-state index contributed by atoms with van der Waals surface area (Å²) in [6, 6.07) is 22.0. The molecule has 0 bridgehead atoms. The van der Waals surface area contributed by atoms with Gasteiger partial charge in [0, 0.05) is 23.6 Å². The van der Waals surface area contributed by atoms with Crippen LogP contribution in [0.1, 0.15) is 16.7 Å². The van der Waals surface area contributed by atoms with Crippen LogP contribution in [0.4, 0.5) is 0 Å². The molecule has 5 nitrogen and oxygen atoms in total. The fourth-order valence-corrected chi connectivity index (χ4v) is 5.00. The minimum absolute atomic E-state index is 0.0375. The van der Waals surface area contributed by atoms with Crippen molar-refractivity contribution in [1.82, 2.24) is 9.88 Å². The van der Waals surface area contributed by atoms with Crippen LogP contribution in [0.25, 0.3) is 10.9 Å². The summed E-state index contributed by atoms with van der Waals surface area (Å²) in [7, 11) is -3.71. The molecule has 1 aromatic heterocycles. The summed E-state index contributed by atoms with van der Waals surface area (Å²) in [5, 5.41) is 3.51. The first-order valence-electron chi connectivity index (χ1n) is 10.1. The van der Waals surface area contributed by atoms with Gasteiger partial charge in [-0.2, -0.15) is 0 Å². The van der Waals surface area contributed by atoms with Crippen molar-refractivity contribution in [3.05, 3.63) is 95.7 Å². The maximum Gasteiger partial charge on any atom is 0.240 e. The summed E-state index contributed by atoms with van der Waals surface area (Å²) >= 11 is 0. The molecule has 0 spiro atoms. The van der Waals surface area contributed by atoms with Crippen LogP contribution in [-0.2, 0) is 27.7 Å². The molecular formula is C25H24N2O3S. The number of aryl methyl sites for hydroxylation is 2. The van der Waals surface area contributed by atoms with Gasteiger partial charge < -0.3 is 9.88 Å². The number of amides is 1. The molecular weight excluding hydrogens is 408 g/mol. The number of fused-ring (bicyclic) bond motifs is 1. The highest BCUT2D eigenvalue weighted by atomic mass is 32.2. The standard InChI is InChI=1S/C25H24N2O3S/c1-18-7-11-20(12-8-18)15-26-25(28)17-27-16-24(22-5-3-4-6-23(22)27)31(29,30)21-13-9-19(2)10-14-21/h3-14,16H,15,17H2,1-2H3,(H,26,28). The van der Waals surface area contributed by atoms with Gasteiger partial charge in [-0.05, 0) is 37.6 Å². The molecule has 0 aliphatic heterocycles. The molecule has 0 atom stereocenters. The molecule has 0 unspecified atom stereocenters. The van der Waals surface area contributed by atoms with Crippen molar-refractivity contribution in [1.29, 1.82) is 0 Å². The predicted molar refractivity (Wildman–Crippen MR) is 122 cm³/mol. The van der Waals surface area contributed by atoms with E-state index in [1.165, 1.54) is 0 Å². The lowest BCUT2D eigenvalue weighted by Crippen LogP contribution is -2.26. The lowest BCUT2D eigenvalue weighted by molar-refractivity contribution is -0.121. The normalized spacial score (nSPS) is 11.5. The van der Waals surface area contributed by atoms with E-state index in [1.807, 2.05) is 50.2 Å². The van der Waals surface area contributed by atoms with E-state index in [-0.39, 0.29) is 22.2 Å². The van der Waals surface area contributed by atoms with Crippen LogP contribution in [0.2, 0.25) is 0 Å². The van der Waals surface area contributed by atoms with Crippen LogP contribution < -0.4 is 5.32 Å². The molecule has 158 valence electrons. The van der Waals surface area contributed by atoms with Crippen molar-refractivity contribution in [2.75, 3.05) is 0 Å². The second kappa shape index (κ2) is 8.40. The molecule has 0 fully saturated rings. The summed E-state index contributed by atoms with van der Waals surface area (Å²) in [6.45, 7) is 4.39. The number of hydrogen-bond acceptors (Lipinski definition) is 3. The minimum Gasteiger partial charge on any atom is -0.350 e. The zero-order chi connectivity index (χ0) is 22.0. The van der Waals surface area contributed by atoms with Crippen molar-refractivity contribution in [2.24, 2.45) is 0 Å². The van der Waals surface area contributed by atoms with Crippen LogP contribution in [0, 0.1) is 13.8 Å². The van der Waals surface area contributed by atoms with E-state index in [0.29, 0.717) is 17.4 Å². The zero-order valence-corrected chi connectivity index (χ0v) is 18.3. The Morgan fingerprint density at radius 1 is 0.871 bits per heavy atom. The second-order valence-electron chi connectivity index (χ2n) is 7.72. The smallest absolute Gasteiger partial charge is 0.240 e. The van der Waals surface area contributed by atoms with Crippen molar-refractivity contribution in [2.45, 2.75) is 36.7 Å². The number of nitrogens with zero attached hydrogens (tertiary/aromatic N) is 1. The Morgan fingerprint density at radius 2 is 1.48 bits per heavy atom. The SMILES string of the molecule is Cc1ccc(CNC(=O)Cn2cc(S(=O)(=O)c3ccc(C)cc3)c3ccccc32)cc1. The lowest BCUT2D eigenvalue weighted by atomic mass is 10.1. The van der Waals surface area contributed by atoms with Crippen LogP contribution in [0.15, 0.2) is 88.8 Å². The number of hydrogen-bond donors (Lipinski definition) is 1. The van der Waals surface area contributed by atoms with Crippen LogP contribution in [-0.4, -0.2) is 18.9 Å². The van der Waals surface area contributed by atoms with Crippen molar-refractivity contribution >= 4 is 26.6 Å². The van der Waals surface area contributed by atoms with Gasteiger partial charge in [-0.25, -0.2) is 8.42 Å². The molecule has 0 saturated heterocycles. The van der Waals surface area contributed by atoms with Crippen molar-refractivity contribution < 1.29 is 13.2 Å².